The van der Waals surface area contributed by atoms with Gasteiger partial charge in [0.05, 0.1) is 23.8 Å². The van der Waals surface area contributed by atoms with Gasteiger partial charge in [0.25, 0.3) is 0 Å². The number of amides is 1. The molecule has 2 fully saturated rings. The second-order valence-electron chi connectivity index (χ2n) is 6.54. The lowest BCUT2D eigenvalue weighted by Crippen LogP contribution is -2.31. The largest absolute Gasteiger partial charge is 0.309 e. The lowest BCUT2D eigenvalue weighted by Gasteiger charge is -2.24. The number of hydrogen-bond donors (Lipinski definition) is 0. The number of hydrogen-bond acceptors (Lipinski definition) is 5. The lowest BCUT2D eigenvalue weighted by molar-refractivity contribution is -0.117. The third-order valence-electron chi connectivity index (χ3n) is 4.81. The standard InChI is InChI=1S/C17H19N5O/c23-16-7-17(12-22(16)15-8-18-13-19-9-15)4-6-21(11-17)10-14-3-1-2-5-20-14/h1-3,5,8-9,13H,4,6-7,10-12H2/t17-/m1/s1. The smallest absolute Gasteiger partial charge is 0.227 e. The van der Waals surface area contributed by atoms with Crippen LogP contribution >= 0.6 is 0 Å². The Bertz CT molecular complexity index is 693. The number of likely N-dealkylation sites (tertiary alicyclic amines) is 1. The molecule has 0 bridgehead atoms. The van der Waals surface area contributed by atoms with Crippen molar-refractivity contribution in [2.75, 3.05) is 24.5 Å². The van der Waals surface area contributed by atoms with Crippen LogP contribution in [0, 0.1) is 5.41 Å². The summed E-state index contributed by atoms with van der Waals surface area (Å²) in [5.41, 5.74) is 1.95. The first-order valence-electron chi connectivity index (χ1n) is 7.92. The zero-order valence-corrected chi connectivity index (χ0v) is 12.9. The van der Waals surface area contributed by atoms with Crippen LogP contribution in [-0.2, 0) is 11.3 Å². The summed E-state index contributed by atoms with van der Waals surface area (Å²) in [6.07, 6.45) is 8.41. The van der Waals surface area contributed by atoms with E-state index in [0.29, 0.717) is 6.42 Å². The Morgan fingerprint density at radius 2 is 2.04 bits per heavy atom. The Morgan fingerprint density at radius 3 is 2.83 bits per heavy atom. The van der Waals surface area contributed by atoms with Crippen molar-refractivity contribution in [3.8, 4) is 0 Å². The summed E-state index contributed by atoms with van der Waals surface area (Å²) in [4.78, 5) is 29.1. The maximum atomic E-state index is 12.4. The van der Waals surface area contributed by atoms with Gasteiger partial charge in [0.1, 0.15) is 6.33 Å². The van der Waals surface area contributed by atoms with E-state index in [-0.39, 0.29) is 11.3 Å². The van der Waals surface area contributed by atoms with E-state index in [9.17, 15) is 4.79 Å². The molecular weight excluding hydrogens is 290 g/mol. The molecule has 23 heavy (non-hydrogen) atoms. The molecule has 0 saturated carbocycles. The summed E-state index contributed by atoms with van der Waals surface area (Å²) in [5, 5.41) is 0. The summed E-state index contributed by atoms with van der Waals surface area (Å²) in [7, 11) is 0. The van der Waals surface area contributed by atoms with Gasteiger partial charge in [0, 0.05) is 37.7 Å². The minimum absolute atomic E-state index is 0.0572. The van der Waals surface area contributed by atoms with E-state index in [1.54, 1.807) is 12.4 Å². The normalized spacial score (nSPS) is 24.7. The minimum Gasteiger partial charge on any atom is -0.309 e. The molecule has 1 spiro atoms. The summed E-state index contributed by atoms with van der Waals surface area (Å²) < 4.78 is 0. The topological polar surface area (TPSA) is 62.2 Å². The Kier molecular flexibility index (Phi) is 3.53. The van der Waals surface area contributed by atoms with Crippen molar-refractivity contribution in [1.29, 1.82) is 0 Å². The quantitative estimate of drug-likeness (QED) is 0.860. The lowest BCUT2D eigenvalue weighted by atomic mass is 9.86. The monoisotopic (exact) mass is 309 g/mol. The van der Waals surface area contributed by atoms with Gasteiger partial charge in [0.2, 0.25) is 5.91 Å². The minimum atomic E-state index is 0.0572. The van der Waals surface area contributed by atoms with Crippen LogP contribution in [-0.4, -0.2) is 45.4 Å². The van der Waals surface area contributed by atoms with Crippen LogP contribution in [0.1, 0.15) is 18.5 Å². The van der Waals surface area contributed by atoms with Crippen molar-refractivity contribution in [3.05, 3.63) is 48.8 Å². The van der Waals surface area contributed by atoms with Crippen LogP contribution in [0.2, 0.25) is 0 Å². The number of pyridine rings is 1. The van der Waals surface area contributed by atoms with E-state index in [2.05, 4.69) is 25.9 Å². The van der Waals surface area contributed by atoms with Gasteiger partial charge in [-0.3, -0.25) is 14.7 Å². The molecule has 2 aromatic rings. The number of anilines is 1. The molecule has 0 aliphatic carbocycles. The van der Waals surface area contributed by atoms with Crippen LogP contribution in [0.5, 0.6) is 0 Å². The van der Waals surface area contributed by atoms with Crippen LogP contribution in [0.3, 0.4) is 0 Å². The molecular formula is C17H19N5O. The molecule has 2 saturated heterocycles. The molecule has 4 rings (SSSR count). The van der Waals surface area contributed by atoms with Crippen LogP contribution < -0.4 is 4.90 Å². The molecule has 1 amide bonds. The molecule has 1 atom stereocenters. The molecule has 2 aliphatic heterocycles. The molecule has 6 heteroatoms. The van der Waals surface area contributed by atoms with Gasteiger partial charge in [-0.1, -0.05) is 6.07 Å². The second-order valence-corrected chi connectivity index (χ2v) is 6.54. The number of carbonyl (C=O) groups excluding carboxylic acids is 1. The SMILES string of the molecule is O=C1C[C@@]2(CCN(Cc3ccccn3)C2)CN1c1cncnc1. The third-order valence-corrected chi connectivity index (χ3v) is 4.81. The van der Waals surface area contributed by atoms with Crippen molar-refractivity contribution in [3.63, 3.8) is 0 Å². The Morgan fingerprint density at radius 1 is 1.17 bits per heavy atom. The Balaban J connectivity index is 1.45. The Labute approximate surface area is 135 Å². The fourth-order valence-corrected chi connectivity index (χ4v) is 3.72. The molecule has 6 nitrogen and oxygen atoms in total. The zero-order chi connectivity index (χ0) is 15.7. The maximum Gasteiger partial charge on any atom is 0.227 e. The van der Waals surface area contributed by atoms with E-state index < -0.39 is 0 Å². The highest BCUT2D eigenvalue weighted by molar-refractivity contribution is 5.96. The van der Waals surface area contributed by atoms with Gasteiger partial charge in [-0.2, -0.15) is 0 Å². The van der Waals surface area contributed by atoms with E-state index >= 15 is 0 Å². The van der Waals surface area contributed by atoms with E-state index in [1.165, 1.54) is 6.33 Å². The first kappa shape index (κ1) is 14.3. The highest BCUT2D eigenvalue weighted by Crippen LogP contribution is 2.41. The van der Waals surface area contributed by atoms with Gasteiger partial charge in [-0.15, -0.1) is 0 Å². The maximum absolute atomic E-state index is 12.4. The fraction of sp³-hybridized carbons (Fsp3) is 0.412. The van der Waals surface area contributed by atoms with Crippen molar-refractivity contribution >= 4 is 11.6 Å². The second kappa shape index (κ2) is 5.70. The highest BCUT2D eigenvalue weighted by atomic mass is 16.2. The van der Waals surface area contributed by atoms with E-state index in [1.807, 2.05) is 23.2 Å². The average Bonchev–Trinajstić information content (AvgIpc) is 3.12. The third kappa shape index (κ3) is 2.82. The van der Waals surface area contributed by atoms with Crippen molar-refractivity contribution in [2.45, 2.75) is 19.4 Å². The first-order chi connectivity index (χ1) is 11.2. The molecule has 118 valence electrons. The van der Waals surface area contributed by atoms with Gasteiger partial charge >= 0.3 is 0 Å². The van der Waals surface area contributed by atoms with Gasteiger partial charge < -0.3 is 4.90 Å². The Hall–Kier alpha value is -2.34. The van der Waals surface area contributed by atoms with Crippen LogP contribution in [0.25, 0.3) is 0 Å². The molecule has 0 radical (unpaired) electrons. The summed E-state index contributed by atoms with van der Waals surface area (Å²) >= 11 is 0. The van der Waals surface area contributed by atoms with Gasteiger partial charge in [0.15, 0.2) is 0 Å². The predicted molar refractivity (Wildman–Crippen MR) is 85.6 cm³/mol. The molecule has 0 N–H and O–H groups in total. The summed E-state index contributed by atoms with van der Waals surface area (Å²) in [6.45, 7) is 3.58. The molecule has 2 aromatic heterocycles. The van der Waals surface area contributed by atoms with E-state index in [0.717, 1.165) is 44.0 Å². The number of aromatic nitrogens is 3. The average molecular weight is 309 g/mol. The zero-order valence-electron chi connectivity index (χ0n) is 12.9. The first-order valence-corrected chi connectivity index (χ1v) is 7.92. The predicted octanol–water partition coefficient (Wildman–Crippen LogP) is 1.50. The fourth-order valence-electron chi connectivity index (χ4n) is 3.72. The van der Waals surface area contributed by atoms with Crippen LogP contribution in [0.4, 0.5) is 5.69 Å². The number of carbonyl (C=O) groups is 1. The van der Waals surface area contributed by atoms with E-state index in [4.69, 9.17) is 0 Å². The number of nitrogens with zero attached hydrogens (tertiary/aromatic N) is 5. The summed E-state index contributed by atoms with van der Waals surface area (Å²) in [6, 6.07) is 6.01. The summed E-state index contributed by atoms with van der Waals surface area (Å²) in [5.74, 6) is 0.180. The van der Waals surface area contributed by atoms with Crippen molar-refractivity contribution < 1.29 is 4.79 Å². The molecule has 0 unspecified atom stereocenters. The van der Waals surface area contributed by atoms with Crippen molar-refractivity contribution in [2.24, 2.45) is 5.41 Å². The van der Waals surface area contributed by atoms with Gasteiger partial charge in [-0.05, 0) is 25.1 Å². The number of rotatable bonds is 3. The molecule has 0 aromatic carbocycles. The van der Waals surface area contributed by atoms with Crippen molar-refractivity contribution in [1.82, 2.24) is 19.9 Å². The molecule has 2 aliphatic rings. The van der Waals surface area contributed by atoms with Gasteiger partial charge in [-0.25, -0.2) is 9.97 Å². The highest BCUT2D eigenvalue weighted by Gasteiger charge is 2.47. The van der Waals surface area contributed by atoms with Crippen LogP contribution in [0.15, 0.2) is 43.1 Å². The molecule has 4 heterocycles.